The van der Waals surface area contributed by atoms with Crippen LogP contribution in [0.4, 0.5) is 5.69 Å². The topological polar surface area (TPSA) is 55.8 Å². The molecule has 5 heteroatoms. The average Bonchev–Trinajstić information content (AvgIpc) is 2.97. The normalized spacial score (nSPS) is 13.3. The van der Waals surface area contributed by atoms with E-state index in [9.17, 15) is 9.59 Å². The van der Waals surface area contributed by atoms with Gasteiger partial charge in [0.2, 0.25) is 0 Å². The fourth-order valence-corrected chi connectivity index (χ4v) is 3.19. The van der Waals surface area contributed by atoms with Crippen molar-refractivity contribution in [1.29, 1.82) is 0 Å². The van der Waals surface area contributed by atoms with Crippen molar-refractivity contribution in [1.82, 2.24) is 0 Å². The van der Waals surface area contributed by atoms with E-state index in [4.69, 9.17) is 9.47 Å². The van der Waals surface area contributed by atoms with Crippen molar-refractivity contribution in [3.05, 3.63) is 89.3 Å². The molecule has 0 atom stereocenters. The summed E-state index contributed by atoms with van der Waals surface area (Å²) in [6.45, 7) is 4.13. The van der Waals surface area contributed by atoms with Gasteiger partial charge in [-0.1, -0.05) is 42.5 Å². The van der Waals surface area contributed by atoms with Gasteiger partial charge in [-0.05, 0) is 48.8 Å². The van der Waals surface area contributed by atoms with Crippen LogP contribution in [0.2, 0.25) is 0 Å². The molecule has 0 spiro atoms. The number of hydrogen-bond acceptors (Lipinski definition) is 5. The number of anilines is 1. The monoisotopic (exact) mass is 389 g/mol. The highest BCUT2D eigenvalue weighted by atomic mass is 16.5. The first-order chi connectivity index (χ1) is 14.0. The molecular weight excluding hydrogens is 366 g/mol. The number of para-hydroxylation sites is 1. The first-order valence-corrected chi connectivity index (χ1v) is 9.19. The molecule has 0 N–H and O–H groups in total. The maximum absolute atomic E-state index is 12.7. The third-order valence-electron chi connectivity index (χ3n) is 4.87. The van der Waals surface area contributed by atoms with Gasteiger partial charge < -0.3 is 14.4 Å². The second-order valence-corrected chi connectivity index (χ2v) is 6.63. The fraction of sp³-hybridized carbons (Fsp3) is 0.167. The fourth-order valence-electron chi connectivity index (χ4n) is 3.19. The molecular formula is C24H23NO4. The Labute approximate surface area is 170 Å². The highest BCUT2D eigenvalue weighted by Crippen LogP contribution is 2.35. The third kappa shape index (κ3) is 3.99. The van der Waals surface area contributed by atoms with Crippen LogP contribution >= 0.6 is 0 Å². The molecule has 2 aromatic carbocycles. The molecule has 0 radical (unpaired) electrons. The van der Waals surface area contributed by atoms with Crippen LogP contribution in [-0.4, -0.2) is 26.2 Å². The van der Waals surface area contributed by atoms with Gasteiger partial charge in [-0.25, -0.2) is 9.59 Å². The largest absolute Gasteiger partial charge is 0.465 e. The molecule has 0 aliphatic carbocycles. The summed E-state index contributed by atoms with van der Waals surface area (Å²) in [5.41, 5.74) is 5.28. The van der Waals surface area contributed by atoms with Crippen LogP contribution in [0.1, 0.15) is 11.1 Å². The Kier molecular flexibility index (Phi) is 5.98. The van der Waals surface area contributed by atoms with Crippen molar-refractivity contribution >= 4 is 17.6 Å². The predicted octanol–water partition coefficient (Wildman–Crippen LogP) is 4.46. The van der Waals surface area contributed by atoms with Crippen LogP contribution in [0.5, 0.6) is 0 Å². The molecule has 0 amide bonds. The quantitative estimate of drug-likeness (QED) is 0.723. The van der Waals surface area contributed by atoms with E-state index in [1.807, 2.05) is 30.3 Å². The zero-order chi connectivity index (χ0) is 21.0. The maximum atomic E-state index is 12.7. The van der Waals surface area contributed by atoms with Crippen molar-refractivity contribution in [2.24, 2.45) is 0 Å². The van der Waals surface area contributed by atoms with Gasteiger partial charge in [0.25, 0.3) is 0 Å². The molecule has 1 aliphatic heterocycles. The summed E-state index contributed by atoms with van der Waals surface area (Å²) in [6.07, 6.45) is 6.73. The molecule has 2 aromatic rings. The van der Waals surface area contributed by atoms with Gasteiger partial charge >= 0.3 is 11.9 Å². The lowest BCUT2D eigenvalue weighted by molar-refractivity contribution is -0.139. The van der Waals surface area contributed by atoms with E-state index >= 15 is 0 Å². The van der Waals surface area contributed by atoms with Gasteiger partial charge in [-0.3, -0.25) is 0 Å². The second-order valence-electron chi connectivity index (χ2n) is 6.63. The summed E-state index contributed by atoms with van der Waals surface area (Å²) in [5, 5.41) is 0. The van der Waals surface area contributed by atoms with Crippen molar-refractivity contribution in [3.8, 4) is 11.1 Å². The van der Waals surface area contributed by atoms with E-state index in [2.05, 4.69) is 26.0 Å². The number of ether oxygens (including phenoxy) is 2. The average molecular weight is 389 g/mol. The Hall–Kier alpha value is -3.60. The molecule has 5 nitrogen and oxygen atoms in total. The highest BCUT2D eigenvalue weighted by molar-refractivity contribution is 6.06. The minimum atomic E-state index is -0.628. The third-order valence-corrected chi connectivity index (χ3v) is 4.87. The Balaban J connectivity index is 2.24. The minimum absolute atomic E-state index is 0.0978. The van der Waals surface area contributed by atoms with E-state index in [0.717, 1.165) is 16.8 Å². The van der Waals surface area contributed by atoms with Gasteiger partial charge in [-0.2, -0.15) is 0 Å². The predicted molar refractivity (Wildman–Crippen MR) is 113 cm³/mol. The summed E-state index contributed by atoms with van der Waals surface area (Å²) in [6, 6.07) is 13.9. The van der Waals surface area contributed by atoms with E-state index in [1.54, 1.807) is 29.3 Å². The molecule has 0 saturated heterocycles. The van der Waals surface area contributed by atoms with Crippen LogP contribution < -0.4 is 4.90 Å². The molecule has 148 valence electrons. The molecule has 0 aromatic heterocycles. The molecule has 3 rings (SSSR count). The number of carbonyl (C=O) groups is 2. The number of aryl methyl sites for hydroxylation is 2. The summed E-state index contributed by atoms with van der Waals surface area (Å²) < 4.78 is 9.88. The number of carbonyl (C=O) groups excluding carboxylic acids is 2. The zero-order valence-corrected chi connectivity index (χ0v) is 16.9. The first-order valence-electron chi connectivity index (χ1n) is 9.19. The number of nitrogens with zero attached hydrogens (tertiary/aromatic N) is 1. The van der Waals surface area contributed by atoms with E-state index in [0.29, 0.717) is 0 Å². The Bertz CT molecular complexity index is 1050. The summed E-state index contributed by atoms with van der Waals surface area (Å²) >= 11 is 0. The van der Waals surface area contributed by atoms with Gasteiger partial charge in [-0.15, -0.1) is 0 Å². The number of hydrogen-bond donors (Lipinski definition) is 0. The molecule has 0 fully saturated rings. The number of allylic oxidation sites excluding steroid dienone is 2. The molecule has 0 saturated carbocycles. The Morgan fingerprint density at radius 3 is 2.28 bits per heavy atom. The smallest absolute Gasteiger partial charge is 0.355 e. The number of rotatable bonds is 4. The van der Waals surface area contributed by atoms with Crippen LogP contribution in [0.15, 0.2) is 78.2 Å². The van der Waals surface area contributed by atoms with E-state index < -0.39 is 11.9 Å². The summed E-state index contributed by atoms with van der Waals surface area (Å²) in [7, 11) is 2.57. The van der Waals surface area contributed by atoms with Crippen molar-refractivity contribution < 1.29 is 19.1 Å². The van der Waals surface area contributed by atoms with E-state index in [1.165, 1.54) is 25.3 Å². The zero-order valence-electron chi connectivity index (χ0n) is 16.9. The number of esters is 2. The maximum Gasteiger partial charge on any atom is 0.355 e. The second kappa shape index (κ2) is 8.61. The Morgan fingerprint density at radius 2 is 1.59 bits per heavy atom. The molecule has 0 unspecified atom stereocenters. The Morgan fingerprint density at radius 1 is 0.862 bits per heavy atom. The van der Waals surface area contributed by atoms with Crippen LogP contribution in [-0.2, 0) is 19.1 Å². The number of methoxy groups -OCH3 is 2. The lowest BCUT2D eigenvalue weighted by Crippen LogP contribution is -2.27. The molecule has 0 bridgehead atoms. The highest BCUT2D eigenvalue weighted by Gasteiger charge is 2.28. The lowest BCUT2D eigenvalue weighted by Gasteiger charge is -2.25. The SMILES string of the molecule is COC(=O)C1=C(C(=O)OC)N(c2ccccc2-c2ccc(C)c(C)c2)C=CC=C1. The first kappa shape index (κ1) is 20.1. The van der Waals surface area contributed by atoms with E-state index in [-0.39, 0.29) is 11.3 Å². The molecule has 29 heavy (non-hydrogen) atoms. The van der Waals surface area contributed by atoms with Crippen LogP contribution in [0, 0.1) is 13.8 Å². The van der Waals surface area contributed by atoms with Gasteiger partial charge in [0.1, 0.15) is 5.70 Å². The molecule has 1 aliphatic rings. The minimum Gasteiger partial charge on any atom is -0.465 e. The van der Waals surface area contributed by atoms with Crippen molar-refractivity contribution in [2.75, 3.05) is 19.1 Å². The lowest BCUT2D eigenvalue weighted by atomic mass is 9.98. The van der Waals surface area contributed by atoms with Crippen molar-refractivity contribution in [2.45, 2.75) is 13.8 Å². The van der Waals surface area contributed by atoms with Crippen LogP contribution in [0.25, 0.3) is 11.1 Å². The van der Waals surface area contributed by atoms with Crippen molar-refractivity contribution in [3.63, 3.8) is 0 Å². The van der Waals surface area contributed by atoms with Gasteiger partial charge in [0, 0.05) is 11.8 Å². The molecule has 1 heterocycles. The standard InChI is InChI=1S/C24H23NO4/c1-16-12-13-18(15-17(16)2)19-9-5-6-11-21(19)25-14-8-7-10-20(23(26)28-3)22(25)24(27)29-4/h5-15H,1-4H3. The number of benzene rings is 2. The summed E-state index contributed by atoms with van der Waals surface area (Å²) in [4.78, 5) is 26.7. The van der Waals surface area contributed by atoms with Crippen LogP contribution in [0.3, 0.4) is 0 Å². The van der Waals surface area contributed by atoms with Gasteiger partial charge in [0.05, 0.1) is 25.5 Å². The van der Waals surface area contributed by atoms with Gasteiger partial charge in [0.15, 0.2) is 0 Å². The summed E-state index contributed by atoms with van der Waals surface area (Å²) in [5.74, 6) is -1.24.